The molecular weight excluding hydrogens is 150 g/mol. The summed E-state index contributed by atoms with van der Waals surface area (Å²) in [5.74, 6) is 0. The summed E-state index contributed by atoms with van der Waals surface area (Å²) < 4.78 is 0. The van der Waals surface area contributed by atoms with E-state index in [-0.39, 0.29) is 0 Å². The molecule has 0 aromatic rings. The van der Waals surface area contributed by atoms with Crippen molar-refractivity contribution < 1.29 is 4.79 Å². The number of carbonyl (C=O) groups is 1. The highest BCUT2D eigenvalue weighted by Crippen LogP contribution is 2.27. The maximum absolute atomic E-state index is 10.7. The van der Waals surface area contributed by atoms with Crippen LogP contribution in [-0.2, 0) is 4.79 Å². The lowest BCUT2D eigenvalue weighted by Gasteiger charge is -2.16. The summed E-state index contributed by atoms with van der Waals surface area (Å²) in [6.45, 7) is 3.57. The summed E-state index contributed by atoms with van der Waals surface area (Å²) in [4.78, 5) is 10.7. The van der Waals surface area contributed by atoms with Crippen molar-refractivity contribution in [1.29, 1.82) is 5.26 Å². The highest BCUT2D eigenvalue weighted by atomic mass is 35.5. The maximum atomic E-state index is 10.7. The normalized spacial score (nSPS) is 10.6. The van der Waals surface area contributed by atoms with Gasteiger partial charge in [-0.25, -0.2) is 0 Å². The molecule has 0 aromatic carbocycles. The first-order valence-electron chi connectivity index (χ1n) is 3.24. The molecule has 0 amide bonds. The minimum Gasteiger partial charge on any atom is -0.279 e. The van der Waals surface area contributed by atoms with E-state index >= 15 is 0 Å². The van der Waals surface area contributed by atoms with Crippen LogP contribution in [0.5, 0.6) is 0 Å². The van der Waals surface area contributed by atoms with Gasteiger partial charge in [0, 0.05) is 0 Å². The molecule has 0 aliphatic carbocycles. The third-order valence-corrected chi connectivity index (χ3v) is 2.16. The molecule has 0 atom stereocenters. The molecule has 0 aliphatic rings. The van der Waals surface area contributed by atoms with Crippen LogP contribution in [0.1, 0.15) is 26.7 Å². The van der Waals surface area contributed by atoms with E-state index in [1.807, 2.05) is 6.07 Å². The van der Waals surface area contributed by atoms with Crippen LogP contribution in [0.15, 0.2) is 0 Å². The second kappa shape index (κ2) is 3.58. The fourth-order valence-corrected chi connectivity index (χ4v) is 1.04. The average Bonchev–Trinajstić information content (AvgIpc) is 1.92. The van der Waals surface area contributed by atoms with Gasteiger partial charge >= 0.3 is 0 Å². The van der Waals surface area contributed by atoms with E-state index in [1.54, 1.807) is 13.8 Å². The van der Waals surface area contributed by atoms with E-state index in [2.05, 4.69) is 0 Å². The zero-order valence-corrected chi connectivity index (χ0v) is 6.90. The van der Waals surface area contributed by atoms with Gasteiger partial charge in [0.05, 0.1) is 6.07 Å². The van der Waals surface area contributed by atoms with Gasteiger partial charge in [-0.15, -0.1) is 0 Å². The Hall–Kier alpha value is -0.550. The zero-order valence-electron chi connectivity index (χ0n) is 6.15. The van der Waals surface area contributed by atoms with Gasteiger partial charge in [-0.05, 0) is 24.4 Å². The Morgan fingerprint density at radius 2 is 2.00 bits per heavy atom. The van der Waals surface area contributed by atoms with Gasteiger partial charge in [0.2, 0.25) is 5.24 Å². The second-order valence-corrected chi connectivity index (χ2v) is 2.52. The molecular formula is C7H10ClNO. The standard InChI is InChI=1S/C7H10ClNO/c1-3-7(4-2,5-9)6(8)10/h3-4H2,1-2H3. The van der Waals surface area contributed by atoms with Gasteiger partial charge in [0.15, 0.2) is 0 Å². The van der Waals surface area contributed by atoms with E-state index in [0.717, 1.165) is 0 Å². The second-order valence-electron chi connectivity index (χ2n) is 2.17. The summed E-state index contributed by atoms with van der Waals surface area (Å²) in [7, 11) is 0. The minimum absolute atomic E-state index is 0.488. The Bertz CT molecular complexity index is 167. The van der Waals surface area contributed by atoms with Crippen molar-refractivity contribution in [3.63, 3.8) is 0 Å². The van der Waals surface area contributed by atoms with Crippen molar-refractivity contribution in [1.82, 2.24) is 0 Å². The number of hydrogen-bond acceptors (Lipinski definition) is 2. The maximum Gasteiger partial charge on any atom is 0.241 e. The third-order valence-electron chi connectivity index (χ3n) is 1.80. The zero-order chi connectivity index (χ0) is 8.20. The SMILES string of the molecule is CCC(C#N)(CC)C(=O)Cl. The largest absolute Gasteiger partial charge is 0.279 e. The van der Waals surface area contributed by atoms with Crippen LogP contribution in [0, 0.1) is 16.7 Å². The topological polar surface area (TPSA) is 40.9 Å². The van der Waals surface area contributed by atoms with Crippen molar-refractivity contribution in [3.05, 3.63) is 0 Å². The lowest BCUT2D eigenvalue weighted by Crippen LogP contribution is -2.23. The number of nitrogens with zero attached hydrogens (tertiary/aromatic N) is 1. The first kappa shape index (κ1) is 9.45. The molecule has 0 saturated carbocycles. The highest BCUT2D eigenvalue weighted by Gasteiger charge is 2.33. The lowest BCUT2D eigenvalue weighted by molar-refractivity contribution is -0.118. The van der Waals surface area contributed by atoms with Crippen molar-refractivity contribution in [2.45, 2.75) is 26.7 Å². The molecule has 10 heavy (non-hydrogen) atoms. The third kappa shape index (κ3) is 1.48. The van der Waals surface area contributed by atoms with E-state index in [1.165, 1.54) is 0 Å². The van der Waals surface area contributed by atoms with Crippen LogP contribution in [0.25, 0.3) is 0 Å². The minimum atomic E-state index is -0.943. The molecule has 0 aliphatic heterocycles. The Morgan fingerprint density at radius 3 is 2.00 bits per heavy atom. The molecule has 56 valence electrons. The van der Waals surface area contributed by atoms with Crippen LogP contribution in [0.2, 0.25) is 0 Å². The van der Waals surface area contributed by atoms with Gasteiger partial charge in [0.1, 0.15) is 5.41 Å². The number of rotatable bonds is 3. The average molecular weight is 160 g/mol. The Morgan fingerprint density at radius 1 is 1.60 bits per heavy atom. The molecule has 0 unspecified atom stereocenters. The van der Waals surface area contributed by atoms with E-state index < -0.39 is 10.7 Å². The van der Waals surface area contributed by atoms with E-state index in [0.29, 0.717) is 12.8 Å². The molecule has 0 N–H and O–H groups in total. The Kier molecular flexibility index (Phi) is 3.38. The van der Waals surface area contributed by atoms with Crippen LogP contribution < -0.4 is 0 Å². The molecule has 0 bridgehead atoms. The molecule has 0 radical (unpaired) electrons. The van der Waals surface area contributed by atoms with Crippen LogP contribution in [-0.4, -0.2) is 5.24 Å². The smallest absolute Gasteiger partial charge is 0.241 e. The number of carbonyl (C=O) groups excluding carboxylic acids is 1. The fourth-order valence-electron chi connectivity index (χ4n) is 0.730. The van der Waals surface area contributed by atoms with Gasteiger partial charge in [-0.3, -0.25) is 4.79 Å². The molecule has 0 rings (SSSR count). The van der Waals surface area contributed by atoms with E-state index in [9.17, 15) is 4.79 Å². The van der Waals surface area contributed by atoms with Crippen molar-refractivity contribution >= 4 is 16.8 Å². The number of halogens is 1. The summed E-state index contributed by atoms with van der Waals surface area (Å²) in [6.07, 6.45) is 0.977. The molecule has 2 nitrogen and oxygen atoms in total. The summed E-state index contributed by atoms with van der Waals surface area (Å²) >= 11 is 5.24. The molecule has 0 fully saturated rings. The van der Waals surface area contributed by atoms with Crippen LogP contribution >= 0.6 is 11.6 Å². The molecule has 0 aromatic heterocycles. The van der Waals surface area contributed by atoms with Crippen molar-refractivity contribution in [2.24, 2.45) is 5.41 Å². The van der Waals surface area contributed by atoms with Crippen molar-refractivity contribution in [3.8, 4) is 6.07 Å². The Labute approximate surface area is 65.8 Å². The van der Waals surface area contributed by atoms with Gasteiger partial charge < -0.3 is 0 Å². The van der Waals surface area contributed by atoms with Crippen LogP contribution in [0.4, 0.5) is 0 Å². The van der Waals surface area contributed by atoms with Gasteiger partial charge in [-0.1, -0.05) is 13.8 Å². The Balaban J connectivity index is 4.52. The van der Waals surface area contributed by atoms with Gasteiger partial charge in [0.25, 0.3) is 0 Å². The number of hydrogen-bond donors (Lipinski definition) is 0. The van der Waals surface area contributed by atoms with Gasteiger partial charge in [-0.2, -0.15) is 5.26 Å². The highest BCUT2D eigenvalue weighted by molar-refractivity contribution is 6.65. The first-order chi connectivity index (χ1) is 4.63. The summed E-state index contributed by atoms with van der Waals surface area (Å²) in [5.41, 5.74) is -0.943. The quantitative estimate of drug-likeness (QED) is 0.592. The monoisotopic (exact) mass is 159 g/mol. The lowest BCUT2D eigenvalue weighted by atomic mass is 9.86. The molecule has 0 heterocycles. The summed E-state index contributed by atoms with van der Waals surface area (Å²) in [6, 6.07) is 1.93. The number of nitriles is 1. The first-order valence-corrected chi connectivity index (χ1v) is 3.62. The summed E-state index contributed by atoms with van der Waals surface area (Å²) in [5, 5.41) is 8.05. The van der Waals surface area contributed by atoms with E-state index in [4.69, 9.17) is 16.9 Å². The molecule has 0 saturated heterocycles. The molecule has 3 heteroatoms. The predicted octanol–water partition coefficient (Wildman–Crippen LogP) is 2.08. The fraction of sp³-hybridized carbons (Fsp3) is 0.714. The predicted molar refractivity (Wildman–Crippen MR) is 39.5 cm³/mol. The molecule has 0 spiro atoms. The van der Waals surface area contributed by atoms with Crippen LogP contribution in [0.3, 0.4) is 0 Å². The van der Waals surface area contributed by atoms with Crippen molar-refractivity contribution in [2.75, 3.05) is 0 Å².